The fraction of sp³-hybridized carbons (Fsp3) is 0.250. The third-order valence-corrected chi connectivity index (χ3v) is 4.31. The van der Waals surface area contributed by atoms with Gasteiger partial charge in [-0.25, -0.2) is 4.79 Å². The van der Waals surface area contributed by atoms with Crippen LogP contribution in [0.1, 0.15) is 29.3 Å². The number of nitrogens with one attached hydrogen (secondary N) is 1. The predicted octanol–water partition coefficient (Wildman–Crippen LogP) is 3.38. The molecule has 1 amide bonds. The third-order valence-electron chi connectivity index (χ3n) is 4.31. The van der Waals surface area contributed by atoms with Crippen molar-refractivity contribution in [3.63, 3.8) is 0 Å². The normalized spacial score (nSPS) is 17.7. The van der Waals surface area contributed by atoms with Crippen molar-refractivity contribution in [3.05, 3.63) is 53.6 Å². The number of hydrogen-bond donors (Lipinski definition) is 1. The molecule has 2 atom stereocenters. The first-order chi connectivity index (χ1) is 12.5. The molecule has 1 fully saturated rings. The summed E-state index contributed by atoms with van der Waals surface area (Å²) in [7, 11) is 1.43. The number of hydrogen-bond acceptors (Lipinski definition) is 5. The van der Waals surface area contributed by atoms with Crippen LogP contribution in [-0.2, 0) is 4.79 Å². The maximum Gasteiger partial charge on any atom is 0.343 e. The van der Waals surface area contributed by atoms with Crippen molar-refractivity contribution in [2.75, 3.05) is 12.4 Å². The summed E-state index contributed by atoms with van der Waals surface area (Å²) in [6, 6.07) is 13.1. The smallest absolute Gasteiger partial charge is 0.343 e. The van der Waals surface area contributed by atoms with Crippen LogP contribution in [0.25, 0.3) is 0 Å². The van der Waals surface area contributed by atoms with Gasteiger partial charge in [-0.2, -0.15) is 5.26 Å². The van der Waals surface area contributed by atoms with Crippen LogP contribution < -0.4 is 14.8 Å². The number of nitrogens with zero attached hydrogens (tertiary/aromatic N) is 1. The summed E-state index contributed by atoms with van der Waals surface area (Å²) in [6.07, 6.45) is 0.895. The van der Waals surface area contributed by atoms with Gasteiger partial charge >= 0.3 is 5.97 Å². The summed E-state index contributed by atoms with van der Waals surface area (Å²) >= 11 is 0. The van der Waals surface area contributed by atoms with Gasteiger partial charge in [0.2, 0.25) is 5.91 Å². The van der Waals surface area contributed by atoms with Crippen LogP contribution in [0.5, 0.6) is 11.5 Å². The average molecular weight is 350 g/mol. The highest BCUT2D eigenvalue weighted by atomic mass is 16.6. The summed E-state index contributed by atoms with van der Waals surface area (Å²) in [4.78, 5) is 24.4. The van der Waals surface area contributed by atoms with E-state index in [0.29, 0.717) is 28.5 Å². The number of esters is 1. The lowest BCUT2D eigenvalue weighted by atomic mass is 10.2. The summed E-state index contributed by atoms with van der Waals surface area (Å²) in [5, 5.41) is 11.7. The highest BCUT2D eigenvalue weighted by Gasteiger charge is 2.39. The van der Waals surface area contributed by atoms with Crippen molar-refractivity contribution in [2.45, 2.75) is 13.3 Å². The van der Waals surface area contributed by atoms with Crippen LogP contribution in [0.2, 0.25) is 0 Å². The first kappa shape index (κ1) is 17.5. The lowest BCUT2D eigenvalue weighted by molar-refractivity contribution is -0.117. The van der Waals surface area contributed by atoms with Gasteiger partial charge in [0.1, 0.15) is 0 Å². The van der Waals surface area contributed by atoms with Crippen LogP contribution in [0, 0.1) is 23.2 Å². The Kier molecular flexibility index (Phi) is 4.90. The van der Waals surface area contributed by atoms with Crippen molar-refractivity contribution in [1.29, 1.82) is 5.26 Å². The zero-order valence-electron chi connectivity index (χ0n) is 14.5. The number of amides is 1. The molecule has 0 aromatic heterocycles. The molecule has 2 unspecified atom stereocenters. The van der Waals surface area contributed by atoms with Gasteiger partial charge in [0, 0.05) is 17.7 Å². The van der Waals surface area contributed by atoms with E-state index in [4.69, 9.17) is 14.7 Å². The fourth-order valence-corrected chi connectivity index (χ4v) is 2.63. The molecule has 132 valence electrons. The second-order valence-electron chi connectivity index (χ2n) is 6.26. The zero-order valence-corrected chi connectivity index (χ0v) is 14.5. The van der Waals surface area contributed by atoms with Gasteiger partial charge < -0.3 is 14.8 Å². The first-order valence-corrected chi connectivity index (χ1v) is 8.23. The molecule has 3 rings (SSSR count). The molecule has 2 aromatic rings. The molecule has 0 aliphatic heterocycles. The van der Waals surface area contributed by atoms with Crippen molar-refractivity contribution < 1.29 is 19.1 Å². The third kappa shape index (κ3) is 3.83. The Balaban J connectivity index is 1.73. The standard InChI is InChI=1S/C20H18N2O4/c1-12-8-16(12)19(23)22-15-5-3-4-14(10-15)20(24)26-17-7-6-13(11-21)9-18(17)25-2/h3-7,9-10,12,16H,8H2,1-2H3,(H,22,23). The van der Waals surface area contributed by atoms with Crippen LogP contribution in [0.15, 0.2) is 42.5 Å². The molecule has 2 aromatic carbocycles. The lowest BCUT2D eigenvalue weighted by Crippen LogP contribution is -2.15. The van der Waals surface area contributed by atoms with Gasteiger partial charge in [0.15, 0.2) is 11.5 Å². The van der Waals surface area contributed by atoms with Crippen molar-refractivity contribution in [3.8, 4) is 17.6 Å². The molecule has 1 saturated carbocycles. The van der Waals surface area contributed by atoms with Gasteiger partial charge in [0.05, 0.1) is 24.3 Å². The van der Waals surface area contributed by atoms with Crippen molar-refractivity contribution in [2.24, 2.45) is 11.8 Å². The molecule has 0 spiro atoms. The van der Waals surface area contributed by atoms with E-state index in [-0.39, 0.29) is 17.6 Å². The topological polar surface area (TPSA) is 88.4 Å². The monoisotopic (exact) mass is 350 g/mol. The zero-order chi connectivity index (χ0) is 18.7. The minimum Gasteiger partial charge on any atom is -0.493 e. The van der Waals surface area contributed by atoms with Gasteiger partial charge in [-0.1, -0.05) is 13.0 Å². The van der Waals surface area contributed by atoms with E-state index in [9.17, 15) is 9.59 Å². The average Bonchev–Trinajstić information content (AvgIpc) is 3.39. The van der Waals surface area contributed by atoms with E-state index in [2.05, 4.69) is 5.32 Å². The highest BCUT2D eigenvalue weighted by molar-refractivity contribution is 5.97. The van der Waals surface area contributed by atoms with Crippen LogP contribution in [0.3, 0.4) is 0 Å². The Morgan fingerprint density at radius 1 is 1.19 bits per heavy atom. The van der Waals surface area contributed by atoms with E-state index < -0.39 is 5.97 Å². The van der Waals surface area contributed by atoms with E-state index in [1.165, 1.54) is 19.2 Å². The number of methoxy groups -OCH3 is 1. The van der Waals surface area contributed by atoms with Crippen LogP contribution in [-0.4, -0.2) is 19.0 Å². The number of rotatable bonds is 5. The van der Waals surface area contributed by atoms with Crippen LogP contribution in [0.4, 0.5) is 5.69 Å². The number of carbonyl (C=O) groups is 2. The molecule has 6 nitrogen and oxygen atoms in total. The number of benzene rings is 2. The molecule has 6 heteroatoms. The Bertz CT molecular complexity index is 901. The Morgan fingerprint density at radius 3 is 2.62 bits per heavy atom. The van der Waals surface area contributed by atoms with Gasteiger partial charge in [-0.3, -0.25) is 4.79 Å². The molecule has 0 bridgehead atoms. The molecular formula is C20H18N2O4. The van der Waals surface area contributed by atoms with Gasteiger partial charge in [0.25, 0.3) is 0 Å². The second kappa shape index (κ2) is 7.28. The predicted molar refractivity (Wildman–Crippen MR) is 95.0 cm³/mol. The maximum absolute atomic E-state index is 12.4. The van der Waals surface area contributed by atoms with Crippen LogP contribution >= 0.6 is 0 Å². The Hall–Kier alpha value is -3.33. The molecule has 0 radical (unpaired) electrons. The number of carbonyl (C=O) groups excluding carboxylic acids is 2. The second-order valence-corrected chi connectivity index (χ2v) is 6.26. The summed E-state index contributed by atoms with van der Waals surface area (Å²) in [6.45, 7) is 2.03. The molecule has 1 aliphatic rings. The fourth-order valence-electron chi connectivity index (χ4n) is 2.63. The molecular weight excluding hydrogens is 332 g/mol. The van der Waals surface area contributed by atoms with Gasteiger partial charge in [-0.05, 0) is 42.7 Å². The largest absolute Gasteiger partial charge is 0.493 e. The minimum absolute atomic E-state index is 0.0308. The molecule has 0 heterocycles. The van der Waals surface area contributed by atoms with E-state index in [1.54, 1.807) is 30.3 Å². The molecule has 26 heavy (non-hydrogen) atoms. The molecule has 1 N–H and O–H groups in total. The number of nitriles is 1. The van der Waals surface area contributed by atoms with E-state index in [0.717, 1.165) is 6.42 Å². The Labute approximate surface area is 151 Å². The molecule has 1 aliphatic carbocycles. The first-order valence-electron chi connectivity index (χ1n) is 8.23. The number of anilines is 1. The SMILES string of the molecule is COc1cc(C#N)ccc1OC(=O)c1cccc(NC(=O)C2CC2C)c1. The maximum atomic E-state index is 12.4. The Morgan fingerprint density at radius 2 is 1.96 bits per heavy atom. The number of ether oxygens (including phenoxy) is 2. The summed E-state index contributed by atoms with van der Waals surface area (Å²) < 4.78 is 10.5. The van der Waals surface area contributed by atoms with E-state index >= 15 is 0 Å². The van der Waals surface area contributed by atoms with E-state index in [1.807, 2.05) is 13.0 Å². The lowest BCUT2D eigenvalue weighted by Gasteiger charge is -2.10. The minimum atomic E-state index is -0.580. The van der Waals surface area contributed by atoms with Crippen molar-refractivity contribution in [1.82, 2.24) is 0 Å². The summed E-state index contributed by atoms with van der Waals surface area (Å²) in [5.41, 5.74) is 1.26. The van der Waals surface area contributed by atoms with Gasteiger partial charge in [-0.15, -0.1) is 0 Å². The van der Waals surface area contributed by atoms with Crippen molar-refractivity contribution >= 4 is 17.6 Å². The highest BCUT2D eigenvalue weighted by Crippen LogP contribution is 2.38. The summed E-state index contributed by atoms with van der Waals surface area (Å²) in [5.74, 6) is 0.364. The molecule has 0 saturated heterocycles. The quantitative estimate of drug-likeness (QED) is 0.660.